The second-order valence-electron chi connectivity index (χ2n) is 8.59. The molecule has 0 aliphatic heterocycles. The van der Waals surface area contributed by atoms with Gasteiger partial charge in [-0.2, -0.15) is 0 Å². The first kappa shape index (κ1) is 22.7. The van der Waals surface area contributed by atoms with Crippen LogP contribution in [0.2, 0.25) is 5.02 Å². The molecule has 0 saturated heterocycles. The number of quaternary nitrogens is 1. The van der Waals surface area contributed by atoms with Crippen LogP contribution in [0.3, 0.4) is 0 Å². The Balaban J connectivity index is 0.00000312. The first-order chi connectivity index (χ1) is 11.1. The van der Waals surface area contributed by atoms with Crippen LogP contribution >= 0.6 is 11.6 Å². The highest BCUT2D eigenvalue weighted by Gasteiger charge is 2.28. The summed E-state index contributed by atoms with van der Waals surface area (Å²) in [6.45, 7) is 10.4. The van der Waals surface area contributed by atoms with Crippen molar-refractivity contribution in [2.75, 3.05) is 14.1 Å². The lowest BCUT2D eigenvalue weighted by molar-refractivity contribution is -0.919. The first-order valence-electron chi connectivity index (χ1n) is 9.07. The largest absolute Gasteiger partial charge is 1.00 e. The number of benzene rings is 1. The average molecular weight is 474 g/mol. The number of allylic oxidation sites excluding steroid dienone is 3. The van der Waals surface area contributed by atoms with E-state index in [0.29, 0.717) is 11.5 Å². The summed E-state index contributed by atoms with van der Waals surface area (Å²) in [6, 6.07) is 8.69. The highest BCUT2D eigenvalue weighted by molar-refractivity contribution is 6.30. The lowest BCUT2D eigenvalue weighted by Gasteiger charge is -2.36. The summed E-state index contributed by atoms with van der Waals surface area (Å²) in [6.07, 6.45) is 8.68. The molecule has 0 N–H and O–H groups in total. The van der Waals surface area contributed by atoms with Gasteiger partial charge in [0.05, 0.1) is 14.1 Å². The van der Waals surface area contributed by atoms with Crippen LogP contribution in [-0.2, 0) is 6.54 Å². The van der Waals surface area contributed by atoms with Gasteiger partial charge in [-0.1, -0.05) is 49.2 Å². The topological polar surface area (TPSA) is 0 Å². The standard InChI is InChI=1S/C22H33ClN.HI/c1-17-8-7-15-22(3,4)21(17)14-9-18(2)24(5,6)16-19-10-12-20(23)13-11-19;/h9-14,18H,7-8,15-16H2,1-6H3;1H/q+1;/p-1. The van der Waals surface area contributed by atoms with Crippen molar-refractivity contribution in [2.24, 2.45) is 5.41 Å². The molecule has 1 nitrogen and oxygen atoms in total. The number of hydrogen-bond acceptors (Lipinski definition) is 0. The summed E-state index contributed by atoms with van der Waals surface area (Å²) in [7, 11) is 4.60. The van der Waals surface area contributed by atoms with Gasteiger partial charge in [0.1, 0.15) is 12.6 Å². The minimum Gasteiger partial charge on any atom is -1.00 e. The van der Waals surface area contributed by atoms with Crippen LogP contribution in [-0.4, -0.2) is 24.6 Å². The van der Waals surface area contributed by atoms with Crippen molar-refractivity contribution in [3.8, 4) is 0 Å². The van der Waals surface area contributed by atoms with Crippen molar-refractivity contribution in [1.29, 1.82) is 0 Å². The molecule has 0 fully saturated rings. The second kappa shape index (κ2) is 9.05. The summed E-state index contributed by atoms with van der Waals surface area (Å²) in [5, 5.41) is 0.805. The number of rotatable bonds is 5. The highest BCUT2D eigenvalue weighted by atomic mass is 127. The van der Waals surface area contributed by atoms with E-state index in [2.05, 4.69) is 66.1 Å². The minimum absolute atomic E-state index is 0. The summed E-state index contributed by atoms with van der Waals surface area (Å²) in [5.41, 5.74) is 4.76. The third kappa shape index (κ3) is 6.11. The van der Waals surface area contributed by atoms with Gasteiger partial charge in [-0.05, 0) is 62.3 Å². The zero-order valence-corrected chi connectivity index (χ0v) is 19.5. The van der Waals surface area contributed by atoms with E-state index < -0.39 is 0 Å². The Morgan fingerprint density at radius 1 is 1.20 bits per heavy atom. The molecule has 1 aliphatic carbocycles. The number of nitrogens with zero attached hydrogens (tertiary/aromatic N) is 1. The van der Waals surface area contributed by atoms with Gasteiger partial charge in [0.2, 0.25) is 0 Å². The van der Waals surface area contributed by atoms with Crippen LogP contribution in [0.15, 0.2) is 47.6 Å². The fourth-order valence-electron chi connectivity index (χ4n) is 3.68. The van der Waals surface area contributed by atoms with E-state index in [-0.39, 0.29) is 24.0 Å². The molecular weight excluding hydrogens is 441 g/mol. The van der Waals surface area contributed by atoms with Crippen molar-refractivity contribution in [1.82, 2.24) is 0 Å². The summed E-state index contributed by atoms with van der Waals surface area (Å²) < 4.78 is 0.935. The summed E-state index contributed by atoms with van der Waals surface area (Å²) in [5.74, 6) is 0. The third-order valence-corrected chi connectivity index (χ3v) is 5.94. The molecule has 140 valence electrons. The molecule has 1 aliphatic rings. The van der Waals surface area contributed by atoms with E-state index in [9.17, 15) is 0 Å². The molecule has 1 aromatic rings. The van der Waals surface area contributed by atoms with Crippen LogP contribution in [0.25, 0.3) is 0 Å². The third-order valence-electron chi connectivity index (χ3n) is 5.69. The zero-order valence-electron chi connectivity index (χ0n) is 16.6. The van der Waals surface area contributed by atoms with Gasteiger partial charge in [-0.3, -0.25) is 0 Å². The van der Waals surface area contributed by atoms with Gasteiger partial charge in [-0.15, -0.1) is 0 Å². The molecule has 3 heteroatoms. The van der Waals surface area contributed by atoms with Crippen molar-refractivity contribution in [3.05, 3.63) is 58.1 Å². The van der Waals surface area contributed by atoms with E-state index >= 15 is 0 Å². The molecule has 1 aromatic carbocycles. The van der Waals surface area contributed by atoms with E-state index in [1.54, 1.807) is 11.1 Å². The fraction of sp³-hybridized carbons (Fsp3) is 0.545. The second-order valence-corrected chi connectivity index (χ2v) is 9.03. The Morgan fingerprint density at radius 2 is 1.80 bits per heavy atom. The Hall–Kier alpha value is -0.320. The molecular formula is C22H33ClIN. The summed E-state index contributed by atoms with van der Waals surface area (Å²) in [4.78, 5) is 0. The van der Waals surface area contributed by atoms with E-state index in [1.807, 2.05) is 12.1 Å². The van der Waals surface area contributed by atoms with Gasteiger partial charge in [0, 0.05) is 10.6 Å². The van der Waals surface area contributed by atoms with Gasteiger partial charge < -0.3 is 28.5 Å². The predicted octanol–water partition coefficient (Wildman–Crippen LogP) is 3.39. The molecule has 0 radical (unpaired) electrons. The smallest absolute Gasteiger partial charge is 0.105 e. The molecule has 2 rings (SSSR count). The lowest BCUT2D eigenvalue weighted by atomic mass is 9.72. The van der Waals surface area contributed by atoms with Crippen LogP contribution < -0.4 is 24.0 Å². The lowest BCUT2D eigenvalue weighted by Crippen LogP contribution is -3.00. The van der Waals surface area contributed by atoms with Crippen molar-refractivity contribution in [3.63, 3.8) is 0 Å². The molecule has 0 aromatic heterocycles. The molecule has 0 bridgehead atoms. The number of likely N-dealkylation sites (N-methyl/N-ethyl adjacent to an activating group) is 1. The van der Waals surface area contributed by atoms with Crippen LogP contribution in [0.1, 0.15) is 52.5 Å². The molecule has 0 saturated carbocycles. The molecule has 25 heavy (non-hydrogen) atoms. The van der Waals surface area contributed by atoms with Crippen molar-refractivity contribution < 1.29 is 28.5 Å². The Bertz CT molecular complexity index is 626. The van der Waals surface area contributed by atoms with E-state index in [0.717, 1.165) is 16.1 Å². The fourth-order valence-corrected chi connectivity index (χ4v) is 3.81. The average Bonchev–Trinajstić information content (AvgIpc) is 2.48. The maximum atomic E-state index is 6.00. The number of hydrogen-bond donors (Lipinski definition) is 0. The van der Waals surface area contributed by atoms with Gasteiger partial charge in [-0.25, -0.2) is 0 Å². The van der Waals surface area contributed by atoms with Crippen LogP contribution in [0.5, 0.6) is 0 Å². The predicted molar refractivity (Wildman–Crippen MR) is 106 cm³/mol. The van der Waals surface area contributed by atoms with E-state index in [1.165, 1.54) is 24.8 Å². The maximum absolute atomic E-state index is 6.00. The molecule has 1 atom stereocenters. The zero-order chi connectivity index (χ0) is 18.0. The number of halogens is 2. The van der Waals surface area contributed by atoms with Gasteiger partial charge in [0.15, 0.2) is 0 Å². The van der Waals surface area contributed by atoms with Gasteiger partial charge >= 0.3 is 0 Å². The summed E-state index contributed by atoms with van der Waals surface area (Å²) >= 11 is 6.00. The SMILES string of the molecule is CC1=C(C=CC(C)[N+](C)(C)Cc2ccc(Cl)cc2)C(C)(C)CCC1.[I-]. The normalized spacial score (nSPS) is 19.0. The molecule has 0 heterocycles. The van der Waals surface area contributed by atoms with Crippen molar-refractivity contribution >= 4 is 11.6 Å². The van der Waals surface area contributed by atoms with Crippen molar-refractivity contribution in [2.45, 2.75) is 59.5 Å². The maximum Gasteiger partial charge on any atom is 0.105 e. The first-order valence-corrected chi connectivity index (χ1v) is 9.45. The van der Waals surface area contributed by atoms with Gasteiger partial charge in [0.25, 0.3) is 0 Å². The molecule has 0 amide bonds. The van der Waals surface area contributed by atoms with Crippen LogP contribution in [0, 0.1) is 5.41 Å². The Kier molecular flexibility index (Phi) is 8.23. The Labute approximate surface area is 176 Å². The quantitative estimate of drug-likeness (QED) is 0.454. The minimum atomic E-state index is 0. The molecule has 1 unspecified atom stereocenters. The van der Waals surface area contributed by atoms with Crippen LogP contribution in [0.4, 0.5) is 0 Å². The Morgan fingerprint density at radius 3 is 2.36 bits per heavy atom. The monoisotopic (exact) mass is 473 g/mol. The molecule has 0 spiro atoms. The van der Waals surface area contributed by atoms with E-state index in [4.69, 9.17) is 11.6 Å². The highest BCUT2D eigenvalue weighted by Crippen LogP contribution is 2.40.